The molecule has 7 heteroatoms. The van der Waals surface area contributed by atoms with Gasteiger partial charge >= 0.3 is 0 Å². The molecule has 1 aliphatic carbocycles. The highest BCUT2D eigenvalue weighted by atomic mass is 32.1. The maximum atomic E-state index is 13.1. The zero-order valence-electron chi connectivity index (χ0n) is 14.2. The molecule has 0 radical (unpaired) electrons. The second kappa shape index (κ2) is 4.98. The number of allylic oxidation sites excluding steroid dienone is 1. The molecule has 4 heterocycles. The van der Waals surface area contributed by atoms with Crippen LogP contribution >= 0.6 is 11.3 Å². The van der Waals surface area contributed by atoms with Gasteiger partial charge in [-0.15, -0.1) is 11.3 Å². The van der Waals surface area contributed by atoms with Gasteiger partial charge < -0.3 is 4.90 Å². The molecule has 0 N–H and O–H groups in total. The fourth-order valence-corrected chi connectivity index (χ4v) is 4.52. The fourth-order valence-electron chi connectivity index (χ4n) is 3.39. The number of hydrogen-bond donors (Lipinski definition) is 0. The second-order valence-electron chi connectivity index (χ2n) is 6.89. The number of hydrogen-bond acceptors (Lipinski definition) is 6. The van der Waals surface area contributed by atoms with Gasteiger partial charge in [0.15, 0.2) is 0 Å². The topological polar surface area (TPSA) is 63.4 Å². The molecule has 3 aromatic heterocycles. The third-order valence-electron chi connectivity index (χ3n) is 4.81. The summed E-state index contributed by atoms with van der Waals surface area (Å²) in [6, 6.07) is 2.46. The average molecular weight is 351 g/mol. The standard InChI is InChI=1S/C18H17N5OS/c1-9-4-13(22(2)3)14-15-16(25-17(14)21-9)18(24)23(8-20-15)11-5-10-6-12(10)19-7-11/h4-5,7-8,10,12H,6H2,1-3H3. The van der Waals surface area contributed by atoms with E-state index in [1.807, 2.05) is 32.0 Å². The minimum absolute atomic E-state index is 0.0489. The Bertz CT molecular complexity index is 1150. The van der Waals surface area contributed by atoms with E-state index in [2.05, 4.69) is 21.0 Å². The number of fused-ring (bicyclic) bond motifs is 4. The Morgan fingerprint density at radius 2 is 2.20 bits per heavy atom. The number of aromatic nitrogens is 3. The average Bonchev–Trinajstić information content (AvgIpc) is 3.26. The molecule has 1 saturated carbocycles. The van der Waals surface area contributed by atoms with Gasteiger partial charge in [-0.1, -0.05) is 6.08 Å². The van der Waals surface area contributed by atoms with Crippen molar-refractivity contribution in [2.24, 2.45) is 10.9 Å². The van der Waals surface area contributed by atoms with Crippen molar-refractivity contribution in [2.45, 2.75) is 19.4 Å². The van der Waals surface area contributed by atoms with E-state index in [1.165, 1.54) is 11.3 Å². The van der Waals surface area contributed by atoms with Crippen molar-refractivity contribution in [3.05, 3.63) is 34.5 Å². The molecule has 2 atom stereocenters. The van der Waals surface area contributed by atoms with Crippen LogP contribution in [0.25, 0.3) is 26.1 Å². The molecule has 1 aliphatic heterocycles. The normalized spacial score (nSPS) is 21.5. The summed E-state index contributed by atoms with van der Waals surface area (Å²) in [6.45, 7) is 1.97. The quantitative estimate of drug-likeness (QED) is 0.712. The summed E-state index contributed by atoms with van der Waals surface area (Å²) in [5.74, 6) is 0.481. The monoisotopic (exact) mass is 351 g/mol. The Hall–Kier alpha value is -2.54. The first-order chi connectivity index (χ1) is 12.0. The third kappa shape index (κ3) is 2.15. The molecule has 1 fully saturated rings. The lowest BCUT2D eigenvalue weighted by Crippen LogP contribution is -2.20. The van der Waals surface area contributed by atoms with Crippen molar-refractivity contribution < 1.29 is 0 Å². The summed E-state index contributed by atoms with van der Waals surface area (Å²) in [4.78, 5) is 29.7. The Balaban J connectivity index is 1.79. The predicted octanol–water partition coefficient (Wildman–Crippen LogP) is 2.69. The highest BCUT2D eigenvalue weighted by molar-refractivity contribution is 7.25. The van der Waals surface area contributed by atoms with Crippen molar-refractivity contribution in [1.82, 2.24) is 14.5 Å². The molecule has 126 valence electrons. The van der Waals surface area contributed by atoms with Gasteiger partial charge in [-0.05, 0) is 19.4 Å². The summed E-state index contributed by atoms with van der Waals surface area (Å²) >= 11 is 1.42. The molecule has 3 aromatic rings. The molecule has 25 heavy (non-hydrogen) atoms. The molecular weight excluding hydrogens is 334 g/mol. The molecule has 0 amide bonds. The van der Waals surface area contributed by atoms with Crippen LogP contribution in [0, 0.1) is 12.8 Å². The molecule has 2 aliphatic rings. The van der Waals surface area contributed by atoms with Gasteiger partial charge in [-0.2, -0.15) is 0 Å². The van der Waals surface area contributed by atoms with Crippen LogP contribution in [-0.4, -0.2) is 40.9 Å². The van der Waals surface area contributed by atoms with Crippen molar-refractivity contribution in [1.29, 1.82) is 0 Å². The number of dihydropyridines is 1. The number of anilines is 1. The van der Waals surface area contributed by atoms with E-state index in [9.17, 15) is 4.79 Å². The summed E-state index contributed by atoms with van der Waals surface area (Å²) in [7, 11) is 3.99. The Labute approximate surface area is 148 Å². The van der Waals surface area contributed by atoms with E-state index in [0.717, 1.165) is 39.2 Å². The van der Waals surface area contributed by atoms with Crippen molar-refractivity contribution in [2.75, 3.05) is 19.0 Å². The maximum Gasteiger partial charge on any atom is 0.276 e. The van der Waals surface area contributed by atoms with Crippen LogP contribution in [0.15, 0.2) is 28.3 Å². The van der Waals surface area contributed by atoms with Gasteiger partial charge in [0.2, 0.25) is 0 Å². The summed E-state index contributed by atoms with van der Waals surface area (Å²) in [5, 5.41) is 0.952. The van der Waals surface area contributed by atoms with Crippen LogP contribution in [0.1, 0.15) is 12.1 Å². The van der Waals surface area contributed by atoms with Gasteiger partial charge in [0, 0.05) is 31.9 Å². The van der Waals surface area contributed by atoms with Gasteiger partial charge in [0.1, 0.15) is 21.4 Å². The van der Waals surface area contributed by atoms with Crippen molar-refractivity contribution in [3.63, 3.8) is 0 Å². The summed E-state index contributed by atoms with van der Waals surface area (Å²) in [6.07, 6.45) is 6.64. The lowest BCUT2D eigenvalue weighted by Gasteiger charge is -2.14. The lowest BCUT2D eigenvalue weighted by atomic mass is 10.2. The molecule has 0 spiro atoms. The van der Waals surface area contributed by atoms with Crippen LogP contribution in [0.3, 0.4) is 0 Å². The molecular formula is C18H17N5OS. The van der Waals surface area contributed by atoms with Crippen LogP contribution in [0.5, 0.6) is 0 Å². The van der Waals surface area contributed by atoms with Crippen LogP contribution in [0.4, 0.5) is 5.69 Å². The first-order valence-corrected chi connectivity index (χ1v) is 9.09. The minimum Gasteiger partial charge on any atom is -0.377 e. The number of aryl methyl sites for hydroxylation is 1. The van der Waals surface area contributed by atoms with E-state index in [0.29, 0.717) is 16.7 Å². The van der Waals surface area contributed by atoms with Crippen LogP contribution in [-0.2, 0) is 0 Å². The number of thiophene rings is 1. The predicted molar refractivity (Wildman–Crippen MR) is 103 cm³/mol. The van der Waals surface area contributed by atoms with E-state index in [1.54, 1.807) is 17.1 Å². The maximum absolute atomic E-state index is 13.1. The third-order valence-corrected chi connectivity index (χ3v) is 5.87. The van der Waals surface area contributed by atoms with E-state index >= 15 is 0 Å². The number of aliphatic imine (C=N–C) groups is 1. The van der Waals surface area contributed by atoms with Crippen LogP contribution in [0.2, 0.25) is 0 Å². The van der Waals surface area contributed by atoms with Crippen molar-refractivity contribution in [3.8, 4) is 0 Å². The summed E-state index contributed by atoms with van der Waals surface area (Å²) < 4.78 is 2.25. The molecule has 5 rings (SSSR count). The van der Waals surface area contributed by atoms with Gasteiger partial charge in [-0.25, -0.2) is 9.97 Å². The smallest absolute Gasteiger partial charge is 0.276 e. The summed E-state index contributed by atoms with van der Waals surface area (Å²) in [5.41, 5.74) is 3.48. The Morgan fingerprint density at radius 3 is 2.96 bits per heavy atom. The Morgan fingerprint density at radius 1 is 1.36 bits per heavy atom. The first-order valence-electron chi connectivity index (χ1n) is 8.27. The molecule has 0 aromatic carbocycles. The minimum atomic E-state index is -0.0489. The van der Waals surface area contributed by atoms with E-state index < -0.39 is 0 Å². The molecule has 6 nitrogen and oxygen atoms in total. The highest BCUT2D eigenvalue weighted by Crippen LogP contribution is 2.39. The largest absolute Gasteiger partial charge is 0.377 e. The Kier molecular flexibility index (Phi) is 2.94. The molecule has 2 unspecified atom stereocenters. The fraction of sp³-hybridized carbons (Fsp3) is 0.333. The van der Waals surface area contributed by atoms with Crippen molar-refractivity contribution >= 4 is 49.4 Å². The SMILES string of the molecule is Cc1cc(N(C)C)c2c(n1)sc1c(=O)n(C3=CC4CC4N=C3)cnc12. The molecule has 0 saturated heterocycles. The van der Waals surface area contributed by atoms with E-state index in [-0.39, 0.29) is 5.56 Å². The first kappa shape index (κ1) is 14.8. The lowest BCUT2D eigenvalue weighted by molar-refractivity contribution is 0.934. The zero-order valence-corrected chi connectivity index (χ0v) is 15.0. The second-order valence-corrected chi connectivity index (χ2v) is 7.89. The number of pyridine rings is 1. The van der Waals surface area contributed by atoms with Crippen LogP contribution < -0.4 is 10.5 Å². The molecule has 0 bridgehead atoms. The van der Waals surface area contributed by atoms with Gasteiger partial charge in [-0.3, -0.25) is 14.4 Å². The number of rotatable bonds is 2. The van der Waals surface area contributed by atoms with E-state index in [4.69, 9.17) is 0 Å². The highest BCUT2D eigenvalue weighted by Gasteiger charge is 2.37. The number of nitrogens with zero attached hydrogens (tertiary/aromatic N) is 5. The van der Waals surface area contributed by atoms with Gasteiger partial charge in [0.05, 0.1) is 22.8 Å². The van der Waals surface area contributed by atoms with Gasteiger partial charge in [0.25, 0.3) is 5.56 Å². The zero-order chi connectivity index (χ0) is 17.3.